The summed E-state index contributed by atoms with van der Waals surface area (Å²) in [5.74, 6) is 1.63. The van der Waals surface area contributed by atoms with E-state index in [0.29, 0.717) is 18.9 Å². The normalized spacial score (nSPS) is 15.8. The Morgan fingerprint density at radius 3 is 2.10 bits per heavy atom. The Hall–Kier alpha value is -2.83. The first kappa shape index (κ1) is 30.7. The van der Waals surface area contributed by atoms with E-state index in [1.54, 1.807) is 0 Å². The maximum absolute atomic E-state index is 12.4. The van der Waals surface area contributed by atoms with E-state index in [9.17, 15) is 9.90 Å². The predicted octanol–water partition coefficient (Wildman–Crippen LogP) is 7.50. The second-order valence-electron chi connectivity index (χ2n) is 11.1. The number of ether oxygens (including phenoxy) is 1. The molecular weight excluding hydrogens is 488 g/mol. The van der Waals surface area contributed by atoms with Crippen LogP contribution in [0.4, 0.5) is 5.95 Å². The molecule has 3 rings (SSSR count). The average Bonchev–Trinajstić information content (AvgIpc) is 3.40. The van der Waals surface area contributed by atoms with Gasteiger partial charge < -0.3 is 20.1 Å². The van der Waals surface area contributed by atoms with Gasteiger partial charge in [0.15, 0.2) is 5.75 Å². The summed E-state index contributed by atoms with van der Waals surface area (Å²) in [6, 6.07) is 7.99. The molecule has 1 aliphatic rings. The van der Waals surface area contributed by atoms with Crippen LogP contribution in [0.3, 0.4) is 0 Å². The molecule has 7 heteroatoms. The molecule has 2 aromatic rings. The Bertz CT molecular complexity index is 935. The Morgan fingerprint density at radius 1 is 0.949 bits per heavy atom. The molecule has 39 heavy (non-hydrogen) atoms. The number of carbonyl (C=O) groups is 1. The zero-order valence-corrected chi connectivity index (χ0v) is 24.2. The van der Waals surface area contributed by atoms with Gasteiger partial charge in [-0.05, 0) is 31.0 Å². The summed E-state index contributed by atoms with van der Waals surface area (Å²) in [7, 11) is 0. The molecule has 0 aliphatic carbocycles. The van der Waals surface area contributed by atoms with Crippen molar-refractivity contribution in [3.8, 4) is 11.5 Å². The molecule has 1 amide bonds. The topological polar surface area (TPSA) is 87.6 Å². The fraction of sp³-hybridized carbons (Fsp3) is 0.656. The minimum absolute atomic E-state index is 0.0258. The van der Waals surface area contributed by atoms with E-state index < -0.39 is 0 Å². The van der Waals surface area contributed by atoms with E-state index in [1.807, 2.05) is 31.2 Å². The van der Waals surface area contributed by atoms with Crippen LogP contribution in [0.1, 0.15) is 122 Å². The summed E-state index contributed by atoms with van der Waals surface area (Å²) in [5, 5.41) is 12.5. The largest absolute Gasteiger partial charge is 0.505 e. The predicted molar refractivity (Wildman–Crippen MR) is 158 cm³/mol. The molecule has 0 unspecified atom stereocenters. The van der Waals surface area contributed by atoms with Crippen LogP contribution in [-0.4, -0.2) is 40.2 Å². The molecule has 1 saturated heterocycles. The van der Waals surface area contributed by atoms with Crippen LogP contribution in [0.2, 0.25) is 0 Å². The first-order chi connectivity index (χ1) is 19.0. The lowest BCUT2D eigenvalue weighted by Crippen LogP contribution is -2.26. The molecule has 1 fully saturated rings. The lowest BCUT2D eigenvalue weighted by molar-refractivity contribution is -0.121. The summed E-state index contributed by atoms with van der Waals surface area (Å²) in [5.41, 5.74) is 1.08. The average molecular weight is 539 g/mol. The van der Waals surface area contributed by atoms with Crippen molar-refractivity contribution in [3.63, 3.8) is 0 Å². The number of aromatic nitrogens is 2. The van der Waals surface area contributed by atoms with Gasteiger partial charge in [-0.15, -0.1) is 0 Å². The number of hydrogen-bond acceptors (Lipinski definition) is 6. The van der Waals surface area contributed by atoms with Crippen LogP contribution in [0.25, 0.3) is 0 Å². The Labute approximate surface area is 235 Å². The molecule has 1 aliphatic heterocycles. The van der Waals surface area contributed by atoms with Gasteiger partial charge in [-0.1, -0.05) is 96.1 Å². The monoisotopic (exact) mass is 538 g/mol. The van der Waals surface area contributed by atoms with Crippen molar-refractivity contribution in [3.05, 3.63) is 42.2 Å². The first-order valence-electron chi connectivity index (χ1n) is 15.4. The standard InChI is InChI=1S/C32H50N4O3/c1-3-4-5-6-7-8-9-10-11-12-13-14-15-16-31(38)35-26(2)27-17-19-29(20-18-27)39-30-21-22-36(25-30)32-33-23-28(37)24-34-32/h17-20,23-24,26,30,37H,3-16,21-22,25H2,1-2H3,(H,35,38)/t26-,30+/m0/s1. The number of unbranched alkanes of at least 4 members (excludes halogenated alkanes) is 12. The molecule has 216 valence electrons. The number of nitrogens with one attached hydrogen (secondary N) is 1. The fourth-order valence-electron chi connectivity index (χ4n) is 5.21. The number of anilines is 1. The molecule has 1 aromatic heterocycles. The fourth-order valence-corrected chi connectivity index (χ4v) is 5.21. The van der Waals surface area contributed by atoms with E-state index in [1.165, 1.54) is 83.0 Å². The second kappa shape index (κ2) is 17.7. The molecule has 0 bridgehead atoms. The molecule has 7 nitrogen and oxygen atoms in total. The van der Waals surface area contributed by atoms with E-state index in [0.717, 1.165) is 37.1 Å². The van der Waals surface area contributed by atoms with Gasteiger partial charge in [0.2, 0.25) is 11.9 Å². The van der Waals surface area contributed by atoms with Gasteiger partial charge in [-0.25, -0.2) is 9.97 Å². The molecule has 0 radical (unpaired) electrons. The van der Waals surface area contributed by atoms with Crippen LogP contribution in [0, 0.1) is 0 Å². The van der Waals surface area contributed by atoms with Crippen molar-refractivity contribution in [2.24, 2.45) is 0 Å². The van der Waals surface area contributed by atoms with Crippen molar-refractivity contribution >= 4 is 11.9 Å². The SMILES string of the molecule is CCCCCCCCCCCCCCCC(=O)N[C@@H](C)c1ccc(O[C@@H]2CCN(c3ncc(O)cn3)C2)cc1. The highest BCUT2D eigenvalue weighted by Crippen LogP contribution is 2.24. The van der Waals surface area contributed by atoms with Gasteiger partial charge in [0, 0.05) is 19.4 Å². The van der Waals surface area contributed by atoms with Crippen molar-refractivity contribution in [1.82, 2.24) is 15.3 Å². The lowest BCUT2D eigenvalue weighted by atomic mass is 10.0. The van der Waals surface area contributed by atoms with Crippen molar-refractivity contribution in [2.75, 3.05) is 18.0 Å². The molecule has 2 N–H and O–H groups in total. The van der Waals surface area contributed by atoms with Crippen LogP contribution >= 0.6 is 0 Å². The third-order valence-corrected chi connectivity index (χ3v) is 7.62. The molecule has 1 aromatic carbocycles. The maximum atomic E-state index is 12.4. The van der Waals surface area contributed by atoms with Gasteiger partial charge in [0.1, 0.15) is 11.9 Å². The number of benzene rings is 1. The van der Waals surface area contributed by atoms with Gasteiger partial charge >= 0.3 is 0 Å². The lowest BCUT2D eigenvalue weighted by Gasteiger charge is -2.18. The zero-order chi connectivity index (χ0) is 27.7. The maximum Gasteiger partial charge on any atom is 0.225 e. The molecular formula is C32H50N4O3. The number of carbonyl (C=O) groups excluding carboxylic acids is 1. The Morgan fingerprint density at radius 2 is 1.51 bits per heavy atom. The zero-order valence-electron chi connectivity index (χ0n) is 24.2. The van der Waals surface area contributed by atoms with Crippen molar-refractivity contribution in [1.29, 1.82) is 0 Å². The van der Waals surface area contributed by atoms with Gasteiger partial charge in [-0.2, -0.15) is 0 Å². The van der Waals surface area contributed by atoms with Crippen molar-refractivity contribution < 1.29 is 14.6 Å². The number of rotatable bonds is 19. The van der Waals surface area contributed by atoms with Crippen LogP contribution < -0.4 is 15.0 Å². The Kier molecular flexibility index (Phi) is 13.9. The minimum Gasteiger partial charge on any atom is -0.505 e. The number of nitrogens with zero attached hydrogens (tertiary/aromatic N) is 3. The third kappa shape index (κ3) is 11.8. The van der Waals surface area contributed by atoms with E-state index >= 15 is 0 Å². The molecule has 0 spiro atoms. The third-order valence-electron chi connectivity index (χ3n) is 7.62. The summed E-state index contributed by atoms with van der Waals surface area (Å²) >= 11 is 0. The summed E-state index contributed by atoms with van der Waals surface area (Å²) in [6.45, 7) is 5.82. The van der Waals surface area contributed by atoms with E-state index in [2.05, 4.69) is 27.1 Å². The highest BCUT2D eigenvalue weighted by molar-refractivity contribution is 5.76. The van der Waals surface area contributed by atoms with Crippen LogP contribution in [0.15, 0.2) is 36.7 Å². The van der Waals surface area contributed by atoms with E-state index in [4.69, 9.17) is 4.74 Å². The smallest absolute Gasteiger partial charge is 0.225 e. The number of aromatic hydroxyl groups is 1. The summed E-state index contributed by atoms with van der Waals surface area (Å²) < 4.78 is 6.16. The quantitative estimate of drug-likeness (QED) is 0.180. The summed E-state index contributed by atoms with van der Waals surface area (Å²) in [6.07, 6.45) is 21.4. The molecule has 2 heterocycles. The number of amides is 1. The van der Waals surface area contributed by atoms with E-state index in [-0.39, 0.29) is 23.8 Å². The van der Waals surface area contributed by atoms with Gasteiger partial charge in [0.05, 0.1) is 25.0 Å². The van der Waals surface area contributed by atoms with Gasteiger partial charge in [-0.3, -0.25) is 4.79 Å². The number of hydrogen-bond donors (Lipinski definition) is 2. The van der Waals surface area contributed by atoms with Crippen molar-refractivity contribution in [2.45, 2.75) is 122 Å². The molecule has 0 saturated carbocycles. The second-order valence-corrected chi connectivity index (χ2v) is 11.1. The van der Waals surface area contributed by atoms with Gasteiger partial charge in [0.25, 0.3) is 0 Å². The van der Waals surface area contributed by atoms with Crippen LogP contribution in [0.5, 0.6) is 11.5 Å². The summed E-state index contributed by atoms with van der Waals surface area (Å²) in [4.78, 5) is 22.9. The first-order valence-corrected chi connectivity index (χ1v) is 15.4. The minimum atomic E-state index is -0.0258. The highest BCUT2D eigenvalue weighted by atomic mass is 16.5. The highest BCUT2D eigenvalue weighted by Gasteiger charge is 2.26. The van der Waals surface area contributed by atoms with Crippen LogP contribution in [-0.2, 0) is 4.79 Å². The Balaban J connectivity index is 1.23. The molecule has 2 atom stereocenters.